The topological polar surface area (TPSA) is 26.0 Å². The van der Waals surface area contributed by atoms with Gasteiger partial charge >= 0.3 is 0 Å². The number of rotatable bonds is 3. The van der Waals surface area contributed by atoms with E-state index in [1.54, 1.807) is 0 Å². The highest BCUT2D eigenvalue weighted by molar-refractivity contribution is 9.10. The summed E-state index contributed by atoms with van der Waals surface area (Å²) in [7, 11) is 0. The molecule has 0 amide bonds. The summed E-state index contributed by atoms with van der Waals surface area (Å²) in [4.78, 5) is 0. The zero-order valence-corrected chi connectivity index (χ0v) is 15.8. The summed E-state index contributed by atoms with van der Waals surface area (Å²) in [5, 5.41) is 0. The molecule has 0 saturated heterocycles. The van der Waals surface area contributed by atoms with Crippen LogP contribution in [0.15, 0.2) is 102 Å². The van der Waals surface area contributed by atoms with Gasteiger partial charge in [-0.1, -0.05) is 88.7 Å². The molecule has 4 aromatic carbocycles. The summed E-state index contributed by atoms with van der Waals surface area (Å²) in [5.41, 5.74) is 13.8. The highest BCUT2D eigenvalue weighted by Gasteiger charge is 2.09. The van der Waals surface area contributed by atoms with E-state index in [-0.39, 0.29) is 0 Å². The Morgan fingerprint density at radius 3 is 1.73 bits per heavy atom. The summed E-state index contributed by atoms with van der Waals surface area (Å²) in [6.45, 7) is 0. The van der Waals surface area contributed by atoms with Crippen LogP contribution in [0, 0.1) is 0 Å². The zero-order chi connectivity index (χ0) is 17.9. The maximum absolute atomic E-state index is 5.84. The summed E-state index contributed by atoms with van der Waals surface area (Å²) in [6.07, 6.45) is 0. The molecular formula is C24H18BrN. The Morgan fingerprint density at radius 1 is 0.500 bits per heavy atom. The average Bonchev–Trinajstić information content (AvgIpc) is 2.70. The van der Waals surface area contributed by atoms with Crippen molar-refractivity contribution < 1.29 is 0 Å². The molecule has 0 radical (unpaired) electrons. The molecule has 0 aliphatic rings. The first kappa shape index (κ1) is 16.6. The van der Waals surface area contributed by atoms with Crippen molar-refractivity contribution in [3.05, 3.63) is 102 Å². The van der Waals surface area contributed by atoms with Crippen molar-refractivity contribution in [2.45, 2.75) is 0 Å². The molecule has 2 N–H and O–H groups in total. The second kappa shape index (κ2) is 7.19. The van der Waals surface area contributed by atoms with Crippen LogP contribution in [0.2, 0.25) is 0 Å². The van der Waals surface area contributed by atoms with Crippen LogP contribution >= 0.6 is 15.9 Å². The quantitative estimate of drug-likeness (QED) is 0.367. The van der Waals surface area contributed by atoms with Gasteiger partial charge in [-0.25, -0.2) is 0 Å². The van der Waals surface area contributed by atoms with Gasteiger partial charge in [-0.2, -0.15) is 0 Å². The lowest BCUT2D eigenvalue weighted by molar-refractivity contribution is 1.55. The van der Waals surface area contributed by atoms with Crippen LogP contribution in [0.4, 0.5) is 5.69 Å². The van der Waals surface area contributed by atoms with Crippen LogP contribution in [0.1, 0.15) is 0 Å². The molecule has 0 aliphatic carbocycles. The smallest absolute Gasteiger partial charge is 0.0314 e. The van der Waals surface area contributed by atoms with E-state index in [4.69, 9.17) is 5.73 Å². The van der Waals surface area contributed by atoms with E-state index in [0.717, 1.165) is 15.7 Å². The standard InChI is InChI=1S/C24H18BrN/c25-21-12-15-23(19-10-13-22(26)14-11-19)24(16-21)20-8-6-18(7-9-20)17-4-2-1-3-5-17/h1-16H,26H2. The first-order chi connectivity index (χ1) is 12.7. The van der Waals surface area contributed by atoms with Gasteiger partial charge in [0.15, 0.2) is 0 Å². The van der Waals surface area contributed by atoms with E-state index >= 15 is 0 Å². The third-order valence-corrected chi connectivity index (χ3v) is 5.00. The van der Waals surface area contributed by atoms with Gasteiger partial charge in [0.25, 0.3) is 0 Å². The minimum atomic E-state index is 0.777. The highest BCUT2D eigenvalue weighted by Crippen LogP contribution is 2.35. The molecule has 0 unspecified atom stereocenters. The van der Waals surface area contributed by atoms with Crippen molar-refractivity contribution >= 4 is 21.6 Å². The van der Waals surface area contributed by atoms with Gasteiger partial charge in [0.1, 0.15) is 0 Å². The van der Waals surface area contributed by atoms with Gasteiger partial charge in [0.05, 0.1) is 0 Å². The Morgan fingerprint density at radius 2 is 1.04 bits per heavy atom. The summed E-state index contributed by atoms with van der Waals surface area (Å²) in [6, 6.07) is 33.6. The van der Waals surface area contributed by atoms with Crippen LogP contribution in [0.25, 0.3) is 33.4 Å². The fraction of sp³-hybridized carbons (Fsp3) is 0. The number of hydrogen-bond acceptors (Lipinski definition) is 1. The zero-order valence-electron chi connectivity index (χ0n) is 14.2. The third-order valence-electron chi connectivity index (χ3n) is 4.51. The summed E-state index contributed by atoms with van der Waals surface area (Å²) in [5.74, 6) is 0. The third kappa shape index (κ3) is 3.42. The Balaban J connectivity index is 1.78. The Labute approximate surface area is 162 Å². The van der Waals surface area contributed by atoms with Crippen LogP contribution < -0.4 is 5.73 Å². The SMILES string of the molecule is Nc1ccc(-c2ccc(Br)cc2-c2ccc(-c3ccccc3)cc2)cc1. The Hall–Kier alpha value is -2.84. The fourth-order valence-corrected chi connectivity index (χ4v) is 3.50. The second-order valence-corrected chi connectivity index (χ2v) is 7.17. The lowest BCUT2D eigenvalue weighted by Gasteiger charge is -2.12. The van der Waals surface area contributed by atoms with E-state index in [2.05, 4.69) is 94.8 Å². The first-order valence-electron chi connectivity index (χ1n) is 8.52. The number of nitrogens with two attached hydrogens (primary N) is 1. The molecule has 0 aromatic heterocycles. The number of anilines is 1. The maximum atomic E-state index is 5.84. The van der Waals surface area contributed by atoms with Crippen LogP contribution in [0.3, 0.4) is 0 Å². The number of hydrogen-bond donors (Lipinski definition) is 1. The van der Waals surface area contributed by atoms with Gasteiger partial charge < -0.3 is 5.73 Å². The Bertz CT molecular complexity index is 1020. The lowest BCUT2D eigenvalue weighted by atomic mass is 9.93. The molecule has 4 aromatic rings. The predicted octanol–water partition coefficient (Wildman–Crippen LogP) is 7.03. The molecule has 126 valence electrons. The van der Waals surface area contributed by atoms with Gasteiger partial charge in [-0.3, -0.25) is 0 Å². The average molecular weight is 400 g/mol. The van der Waals surface area contributed by atoms with E-state index in [1.165, 1.54) is 27.8 Å². The molecule has 0 aliphatic heterocycles. The van der Waals surface area contributed by atoms with E-state index in [1.807, 2.05) is 18.2 Å². The van der Waals surface area contributed by atoms with Crippen molar-refractivity contribution in [1.29, 1.82) is 0 Å². The lowest BCUT2D eigenvalue weighted by Crippen LogP contribution is -1.88. The molecule has 0 bridgehead atoms. The van der Waals surface area contributed by atoms with Crippen molar-refractivity contribution in [3.63, 3.8) is 0 Å². The molecule has 2 heteroatoms. The van der Waals surface area contributed by atoms with Crippen LogP contribution in [0.5, 0.6) is 0 Å². The van der Waals surface area contributed by atoms with Gasteiger partial charge in [-0.05, 0) is 57.6 Å². The minimum Gasteiger partial charge on any atom is -0.399 e. The fourth-order valence-electron chi connectivity index (χ4n) is 3.14. The summed E-state index contributed by atoms with van der Waals surface area (Å²) < 4.78 is 1.07. The maximum Gasteiger partial charge on any atom is 0.0314 e. The second-order valence-electron chi connectivity index (χ2n) is 6.26. The minimum absolute atomic E-state index is 0.777. The molecule has 26 heavy (non-hydrogen) atoms. The molecule has 0 saturated carbocycles. The van der Waals surface area contributed by atoms with Gasteiger partial charge in [0, 0.05) is 10.2 Å². The Kier molecular flexibility index (Phi) is 4.59. The monoisotopic (exact) mass is 399 g/mol. The molecular weight excluding hydrogens is 382 g/mol. The molecule has 0 fully saturated rings. The van der Waals surface area contributed by atoms with Gasteiger partial charge in [-0.15, -0.1) is 0 Å². The number of benzene rings is 4. The molecule has 0 heterocycles. The van der Waals surface area contributed by atoms with Crippen LogP contribution in [-0.4, -0.2) is 0 Å². The molecule has 0 atom stereocenters. The largest absolute Gasteiger partial charge is 0.399 e. The van der Waals surface area contributed by atoms with E-state index in [9.17, 15) is 0 Å². The van der Waals surface area contributed by atoms with Crippen molar-refractivity contribution in [3.8, 4) is 33.4 Å². The van der Waals surface area contributed by atoms with Crippen molar-refractivity contribution in [2.75, 3.05) is 5.73 Å². The van der Waals surface area contributed by atoms with Crippen LogP contribution in [-0.2, 0) is 0 Å². The first-order valence-corrected chi connectivity index (χ1v) is 9.31. The molecule has 0 spiro atoms. The van der Waals surface area contributed by atoms with Crippen molar-refractivity contribution in [2.24, 2.45) is 0 Å². The van der Waals surface area contributed by atoms with Crippen molar-refractivity contribution in [1.82, 2.24) is 0 Å². The van der Waals surface area contributed by atoms with Gasteiger partial charge in [0.2, 0.25) is 0 Å². The normalized spacial score (nSPS) is 10.7. The number of halogens is 1. The van der Waals surface area contributed by atoms with E-state index in [0.29, 0.717) is 0 Å². The molecule has 1 nitrogen and oxygen atoms in total. The molecule has 4 rings (SSSR count). The predicted molar refractivity (Wildman–Crippen MR) is 115 cm³/mol. The van der Waals surface area contributed by atoms with E-state index < -0.39 is 0 Å². The highest BCUT2D eigenvalue weighted by atomic mass is 79.9. The summed E-state index contributed by atoms with van der Waals surface area (Å²) >= 11 is 3.61. The number of nitrogen functional groups attached to an aromatic ring is 1.